The summed E-state index contributed by atoms with van der Waals surface area (Å²) >= 11 is 0. The average Bonchev–Trinajstić information content (AvgIpc) is 2.77. The SMILES string of the molecule is NC(=O)COc1cccc(COC(=O)C2CCCN(S(=O)(=O)c3ccc(F)cc3)C2)c1. The first-order valence-electron chi connectivity index (χ1n) is 9.68. The number of carbonyl (C=O) groups excluding carboxylic acids is 2. The molecular weight excluding hydrogens is 427 g/mol. The first-order valence-corrected chi connectivity index (χ1v) is 11.1. The summed E-state index contributed by atoms with van der Waals surface area (Å²) in [7, 11) is -3.83. The van der Waals surface area contributed by atoms with Gasteiger partial charge in [-0.2, -0.15) is 4.31 Å². The Morgan fingerprint density at radius 2 is 1.90 bits per heavy atom. The molecule has 2 N–H and O–H groups in total. The van der Waals surface area contributed by atoms with Gasteiger partial charge in [-0.1, -0.05) is 12.1 Å². The van der Waals surface area contributed by atoms with Crippen molar-refractivity contribution < 1.29 is 31.9 Å². The number of nitrogens with two attached hydrogens (primary N) is 1. The smallest absolute Gasteiger partial charge is 0.310 e. The van der Waals surface area contributed by atoms with Crippen molar-refractivity contribution in [3.05, 3.63) is 59.9 Å². The van der Waals surface area contributed by atoms with Crippen molar-refractivity contribution in [2.45, 2.75) is 24.3 Å². The summed E-state index contributed by atoms with van der Waals surface area (Å²) < 4.78 is 50.5. The number of benzene rings is 2. The zero-order chi connectivity index (χ0) is 22.4. The van der Waals surface area contributed by atoms with Crippen LogP contribution in [-0.2, 0) is 31.0 Å². The number of halogens is 1. The van der Waals surface area contributed by atoms with Gasteiger partial charge in [-0.3, -0.25) is 9.59 Å². The lowest BCUT2D eigenvalue weighted by Crippen LogP contribution is -2.42. The van der Waals surface area contributed by atoms with Crippen molar-refractivity contribution >= 4 is 21.9 Å². The standard InChI is InChI=1S/C21H23FN2O6S/c22-17-6-8-19(9-7-17)31(27,28)24-10-2-4-16(12-24)21(26)30-13-15-3-1-5-18(11-15)29-14-20(23)25/h1,3,5-9,11,16H,2,4,10,12-14H2,(H2,23,25). The van der Waals surface area contributed by atoms with Gasteiger partial charge < -0.3 is 15.2 Å². The van der Waals surface area contributed by atoms with Crippen molar-refractivity contribution in [2.24, 2.45) is 11.7 Å². The lowest BCUT2D eigenvalue weighted by molar-refractivity contribution is -0.151. The van der Waals surface area contributed by atoms with Crippen LogP contribution in [0.15, 0.2) is 53.4 Å². The van der Waals surface area contributed by atoms with E-state index in [1.807, 2.05) is 0 Å². The van der Waals surface area contributed by atoms with Crippen LogP contribution in [0.4, 0.5) is 4.39 Å². The summed E-state index contributed by atoms with van der Waals surface area (Å²) in [6.07, 6.45) is 1.02. The maximum Gasteiger partial charge on any atom is 0.310 e. The van der Waals surface area contributed by atoms with Crippen molar-refractivity contribution in [1.29, 1.82) is 0 Å². The van der Waals surface area contributed by atoms with Gasteiger partial charge in [-0.25, -0.2) is 12.8 Å². The number of nitrogens with zero attached hydrogens (tertiary/aromatic N) is 1. The highest BCUT2D eigenvalue weighted by Gasteiger charge is 2.34. The molecule has 0 bridgehead atoms. The Bertz CT molecular complexity index is 1040. The zero-order valence-electron chi connectivity index (χ0n) is 16.7. The number of amides is 1. The Kier molecular flexibility index (Phi) is 7.24. The van der Waals surface area contributed by atoms with Crippen molar-refractivity contribution in [2.75, 3.05) is 19.7 Å². The highest BCUT2D eigenvalue weighted by Crippen LogP contribution is 2.25. The lowest BCUT2D eigenvalue weighted by atomic mass is 10.00. The van der Waals surface area contributed by atoms with Gasteiger partial charge in [-0.05, 0) is 54.8 Å². The second-order valence-corrected chi connectivity index (χ2v) is 9.10. The minimum absolute atomic E-state index is 0.000303. The molecule has 0 radical (unpaired) electrons. The van der Waals surface area contributed by atoms with E-state index in [-0.39, 0.29) is 31.2 Å². The summed E-state index contributed by atoms with van der Waals surface area (Å²) in [4.78, 5) is 23.3. The first-order chi connectivity index (χ1) is 14.8. The van der Waals surface area contributed by atoms with Crippen molar-refractivity contribution in [3.8, 4) is 5.75 Å². The van der Waals surface area contributed by atoms with Gasteiger partial charge in [0.2, 0.25) is 10.0 Å². The van der Waals surface area contributed by atoms with Crippen LogP contribution in [0.3, 0.4) is 0 Å². The Labute approximate surface area is 179 Å². The molecule has 2 aromatic carbocycles. The van der Waals surface area contributed by atoms with E-state index in [2.05, 4.69) is 0 Å². The molecule has 8 nitrogen and oxygen atoms in total. The highest BCUT2D eigenvalue weighted by molar-refractivity contribution is 7.89. The van der Waals surface area contributed by atoms with E-state index < -0.39 is 33.6 Å². The topological polar surface area (TPSA) is 116 Å². The van der Waals surface area contributed by atoms with E-state index in [1.54, 1.807) is 24.3 Å². The molecule has 1 aliphatic heterocycles. The molecule has 1 saturated heterocycles. The molecule has 2 aromatic rings. The van der Waals surface area contributed by atoms with Gasteiger partial charge in [0, 0.05) is 13.1 Å². The van der Waals surface area contributed by atoms with Crippen LogP contribution < -0.4 is 10.5 Å². The van der Waals surface area contributed by atoms with Gasteiger partial charge in [0.1, 0.15) is 18.2 Å². The number of esters is 1. The van der Waals surface area contributed by atoms with Crippen LogP contribution in [0.2, 0.25) is 0 Å². The van der Waals surface area contributed by atoms with E-state index in [9.17, 15) is 22.4 Å². The summed E-state index contributed by atoms with van der Waals surface area (Å²) in [5.74, 6) is -1.81. The molecule has 10 heteroatoms. The van der Waals surface area contributed by atoms with Crippen LogP contribution in [0.1, 0.15) is 18.4 Å². The molecule has 166 valence electrons. The molecule has 31 heavy (non-hydrogen) atoms. The normalized spacial score (nSPS) is 17.1. The summed E-state index contributed by atoms with van der Waals surface area (Å²) in [5, 5.41) is 0. The number of primary amides is 1. The average molecular weight is 450 g/mol. The van der Waals surface area contributed by atoms with Gasteiger partial charge in [0.15, 0.2) is 6.61 Å². The highest BCUT2D eigenvalue weighted by atomic mass is 32.2. The van der Waals surface area contributed by atoms with Gasteiger partial charge in [-0.15, -0.1) is 0 Å². The zero-order valence-corrected chi connectivity index (χ0v) is 17.5. The second kappa shape index (κ2) is 9.88. The number of piperidine rings is 1. The number of carbonyl (C=O) groups is 2. The number of hydrogen-bond acceptors (Lipinski definition) is 6. The van der Waals surface area contributed by atoms with E-state index in [0.717, 1.165) is 12.1 Å². The van der Waals surface area contributed by atoms with E-state index in [1.165, 1.54) is 16.4 Å². The largest absolute Gasteiger partial charge is 0.484 e. The quantitative estimate of drug-likeness (QED) is 0.614. The van der Waals surface area contributed by atoms with E-state index >= 15 is 0 Å². The molecule has 1 heterocycles. The molecule has 0 spiro atoms. The molecule has 1 aliphatic rings. The Hall–Kier alpha value is -2.98. The van der Waals surface area contributed by atoms with Gasteiger partial charge >= 0.3 is 5.97 Å². The summed E-state index contributed by atoms with van der Waals surface area (Å²) in [6.45, 7) is 0.000534. The molecule has 0 aromatic heterocycles. The molecule has 3 rings (SSSR count). The third kappa shape index (κ3) is 6.02. The fourth-order valence-corrected chi connectivity index (χ4v) is 4.78. The molecule has 1 fully saturated rings. The Morgan fingerprint density at radius 3 is 2.61 bits per heavy atom. The molecule has 1 atom stereocenters. The predicted molar refractivity (Wildman–Crippen MR) is 109 cm³/mol. The lowest BCUT2D eigenvalue weighted by Gasteiger charge is -2.30. The van der Waals surface area contributed by atoms with Gasteiger partial charge in [0.05, 0.1) is 10.8 Å². The summed E-state index contributed by atoms with van der Waals surface area (Å²) in [5.41, 5.74) is 5.70. The van der Waals surface area contributed by atoms with E-state index in [4.69, 9.17) is 15.2 Å². The molecule has 1 unspecified atom stereocenters. The van der Waals surface area contributed by atoms with Crippen molar-refractivity contribution in [3.63, 3.8) is 0 Å². The van der Waals surface area contributed by atoms with Gasteiger partial charge in [0.25, 0.3) is 5.91 Å². The maximum atomic E-state index is 13.1. The molecule has 1 amide bonds. The maximum absolute atomic E-state index is 13.1. The minimum Gasteiger partial charge on any atom is -0.484 e. The van der Waals surface area contributed by atoms with Crippen LogP contribution in [0, 0.1) is 11.7 Å². The predicted octanol–water partition coefficient (Wildman–Crippen LogP) is 1.83. The molecular formula is C21H23FN2O6S. The number of rotatable bonds is 8. The van der Waals surface area contributed by atoms with Crippen molar-refractivity contribution in [1.82, 2.24) is 4.31 Å². The number of ether oxygens (including phenoxy) is 2. The first kappa shape index (κ1) is 22.7. The third-order valence-electron chi connectivity index (χ3n) is 4.83. The second-order valence-electron chi connectivity index (χ2n) is 7.17. The summed E-state index contributed by atoms with van der Waals surface area (Å²) in [6, 6.07) is 11.3. The fourth-order valence-electron chi connectivity index (χ4n) is 3.26. The van der Waals surface area contributed by atoms with Crippen LogP contribution in [0.5, 0.6) is 5.75 Å². The van der Waals surface area contributed by atoms with Crippen LogP contribution in [-0.4, -0.2) is 44.3 Å². The minimum atomic E-state index is -3.83. The number of sulfonamides is 1. The molecule has 0 aliphatic carbocycles. The van der Waals surface area contributed by atoms with Crippen LogP contribution >= 0.6 is 0 Å². The monoisotopic (exact) mass is 450 g/mol. The molecule has 0 saturated carbocycles. The van der Waals surface area contributed by atoms with E-state index in [0.29, 0.717) is 24.2 Å². The Morgan fingerprint density at radius 1 is 1.16 bits per heavy atom. The number of hydrogen-bond donors (Lipinski definition) is 1. The van der Waals surface area contributed by atoms with Crippen LogP contribution in [0.25, 0.3) is 0 Å². The Balaban J connectivity index is 1.59. The fraction of sp³-hybridized carbons (Fsp3) is 0.333. The third-order valence-corrected chi connectivity index (χ3v) is 6.71.